The standard InChI is InChI=1S/C30H35BrN2O2/c1-5-23(4)32-30(35)28(18-24-10-7-6-8-11-24)33(20-26-12-9-13-27(31)17-26)29(34)19-25-15-14-21(2)22(3)16-25/h6-17,23,28H,5,18-20H2,1-4H3,(H,32,35)/t23-,28+/m0/s1. The zero-order valence-electron chi connectivity index (χ0n) is 21.1. The molecular formula is C30H35BrN2O2. The summed E-state index contributed by atoms with van der Waals surface area (Å²) >= 11 is 3.54. The van der Waals surface area contributed by atoms with Gasteiger partial charge in [0, 0.05) is 23.5 Å². The molecule has 1 N–H and O–H groups in total. The smallest absolute Gasteiger partial charge is 0.243 e. The number of amides is 2. The second-order valence-corrected chi connectivity index (χ2v) is 10.2. The maximum atomic E-state index is 13.8. The number of rotatable bonds is 10. The van der Waals surface area contributed by atoms with Crippen LogP contribution in [0.1, 0.15) is 48.1 Å². The largest absolute Gasteiger partial charge is 0.352 e. The summed E-state index contributed by atoms with van der Waals surface area (Å²) in [5.74, 6) is -0.180. The van der Waals surface area contributed by atoms with Crippen molar-refractivity contribution < 1.29 is 9.59 Å². The van der Waals surface area contributed by atoms with Crippen molar-refractivity contribution in [1.29, 1.82) is 0 Å². The number of hydrogen-bond acceptors (Lipinski definition) is 2. The van der Waals surface area contributed by atoms with Crippen LogP contribution in [-0.2, 0) is 29.0 Å². The highest BCUT2D eigenvalue weighted by Gasteiger charge is 2.31. The van der Waals surface area contributed by atoms with E-state index in [0.29, 0.717) is 13.0 Å². The Labute approximate surface area is 217 Å². The molecule has 0 aliphatic carbocycles. The van der Waals surface area contributed by atoms with Crippen LogP contribution in [0.4, 0.5) is 0 Å². The van der Waals surface area contributed by atoms with Gasteiger partial charge in [-0.3, -0.25) is 9.59 Å². The summed E-state index contributed by atoms with van der Waals surface area (Å²) in [5.41, 5.74) is 5.31. The van der Waals surface area contributed by atoms with Crippen LogP contribution in [0.25, 0.3) is 0 Å². The third-order valence-electron chi connectivity index (χ3n) is 6.44. The van der Waals surface area contributed by atoms with E-state index in [1.165, 1.54) is 5.56 Å². The van der Waals surface area contributed by atoms with Gasteiger partial charge < -0.3 is 10.2 Å². The normalized spacial score (nSPS) is 12.6. The van der Waals surface area contributed by atoms with Gasteiger partial charge in [-0.25, -0.2) is 0 Å². The minimum atomic E-state index is -0.621. The van der Waals surface area contributed by atoms with E-state index in [-0.39, 0.29) is 24.3 Å². The molecule has 0 heterocycles. The number of hydrogen-bond donors (Lipinski definition) is 1. The fraction of sp³-hybridized carbons (Fsp3) is 0.333. The molecule has 5 heteroatoms. The van der Waals surface area contributed by atoms with Crippen molar-refractivity contribution in [3.63, 3.8) is 0 Å². The molecule has 3 rings (SSSR count). The zero-order chi connectivity index (χ0) is 25.4. The Hall–Kier alpha value is -2.92. The second kappa shape index (κ2) is 12.7. The molecule has 0 aliphatic heterocycles. The fourth-order valence-corrected chi connectivity index (χ4v) is 4.46. The molecule has 184 valence electrons. The molecule has 2 amide bonds. The Kier molecular flexibility index (Phi) is 9.67. The van der Waals surface area contributed by atoms with Gasteiger partial charge in [0.25, 0.3) is 0 Å². The highest BCUT2D eigenvalue weighted by Crippen LogP contribution is 2.20. The van der Waals surface area contributed by atoms with Crippen LogP contribution in [0.5, 0.6) is 0 Å². The first-order valence-corrected chi connectivity index (χ1v) is 13.0. The van der Waals surface area contributed by atoms with Crippen LogP contribution < -0.4 is 5.32 Å². The lowest BCUT2D eigenvalue weighted by Crippen LogP contribution is -2.52. The minimum Gasteiger partial charge on any atom is -0.352 e. The van der Waals surface area contributed by atoms with Gasteiger partial charge in [0.15, 0.2) is 0 Å². The van der Waals surface area contributed by atoms with E-state index in [0.717, 1.165) is 33.1 Å². The average Bonchev–Trinajstić information content (AvgIpc) is 2.84. The van der Waals surface area contributed by atoms with Crippen molar-refractivity contribution in [2.45, 2.75) is 65.6 Å². The number of halogens is 1. The number of carbonyl (C=O) groups excluding carboxylic acids is 2. The lowest BCUT2D eigenvalue weighted by atomic mass is 10.00. The van der Waals surface area contributed by atoms with Gasteiger partial charge in [0.1, 0.15) is 6.04 Å². The summed E-state index contributed by atoms with van der Waals surface area (Å²) in [6.07, 6.45) is 1.53. The van der Waals surface area contributed by atoms with E-state index >= 15 is 0 Å². The number of carbonyl (C=O) groups is 2. The molecule has 4 nitrogen and oxygen atoms in total. The van der Waals surface area contributed by atoms with E-state index in [1.807, 2.05) is 80.6 Å². The summed E-state index contributed by atoms with van der Waals surface area (Å²) < 4.78 is 0.945. The van der Waals surface area contributed by atoms with Crippen molar-refractivity contribution in [3.8, 4) is 0 Å². The Bertz CT molecular complexity index is 1150. The van der Waals surface area contributed by atoms with E-state index in [2.05, 4.69) is 41.2 Å². The van der Waals surface area contributed by atoms with E-state index in [4.69, 9.17) is 0 Å². The molecule has 0 aromatic heterocycles. The molecule has 0 radical (unpaired) electrons. The van der Waals surface area contributed by atoms with Crippen molar-refractivity contribution >= 4 is 27.7 Å². The van der Waals surface area contributed by atoms with Crippen LogP contribution in [0, 0.1) is 13.8 Å². The molecule has 0 spiro atoms. The van der Waals surface area contributed by atoms with E-state index in [1.54, 1.807) is 4.90 Å². The number of aryl methyl sites for hydroxylation is 2. The summed E-state index contributed by atoms with van der Waals surface area (Å²) in [4.78, 5) is 29.1. The van der Waals surface area contributed by atoms with Gasteiger partial charge in [-0.15, -0.1) is 0 Å². The molecule has 35 heavy (non-hydrogen) atoms. The summed E-state index contributed by atoms with van der Waals surface area (Å²) in [7, 11) is 0. The van der Waals surface area contributed by atoms with Crippen LogP contribution in [-0.4, -0.2) is 28.8 Å². The molecule has 0 bridgehead atoms. The second-order valence-electron chi connectivity index (χ2n) is 9.27. The van der Waals surface area contributed by atoms with Gasteiger partial charge in [-0.1, -0.05) is 83.5 Å². The Morgan fingerprint density at radius 3 is 2.26 bits per heavy atom. The van der Waals surface area contributed by atoms with Gasteiger partial charge >= 0.3 is 0 Å². The van der Waals surface area contributed by atoms with Gasteiger partial charge in [0.05, 0.1) is 6.42 Å². The first-order valence-electron chi connectivity index (χ1n) is 12.2. The first kappa shape index (κ1) is 26.7. The summed E-state index contributed by atoms with van der Waals surface area (Å²) in [6, 6.07) is 23.3. The SMILES string of the molecule is CC[C@H](C)NC(=O)[C@@H](Cc1ccccc1)N(Cc1cccc(Br)c1)C(=O)Cc1ccc(C)c(C)c1. The molecule has 3 aromatic carbocycles. The van der Waals surface area contributed by atoms with Crippen molar-refractivity contribution in [3.05, 3.63) is 105 Å². The molecule has 0 fully saturated rings. The Balaban J connectivity index is 1.98. The van der Waals surface area contributed by atoms with Crippen molar-refractivity contribution in [2.75, 3.05) is 0 Å². The molecule has 3 aromatic rings. The summed E-state index contributed by atoms with van der Waals surface area (Å²) in [6.45, 7) is 8.51. The highest BCUT2D eigenvalue weighted by atomic mass is 79.9. The lowest BCUT2D eigenvalue weighted by molar-refractivity contribution is -0.141. The fourth-order valence-electron chi connectivity index (χ4n) is 4.02. The monoisotopic (exact) mass is 534 g/mol. The third kappa shape index (κ3) is 7.79. The van der Waals surface area contributed by atoms with Crippen molar-refractivity contribution in [1.82, 2.24) is 10.2 Å². The first-order chi connectivity index (χ1) is 16.8. The molecule has 2 atom stereocenters. The van der Waals surface area contributed by atoms with Gasteiger partial charge in [-0.2, -0.15) is 0 Å². The summed E-state index contributed by atoms with van der Waals surface area (Å²) in [5, 5.41) is 3.12. The maximum Gasteiger partial charge on any atom is 0.243 e. The number of nitrogens with one attached hydrogen (secondary N) is 1. The van der Waals surface area contributed by atoms with Crippen LogP contribution >= 0.6 is 15.9 Å². The number of nitrogens with zero attached hydrogens (tertiary/aromatic N) is 1. The van der Waals surface area contributed by atoms with Gasteiger partial charge in [-0.05, 0) is 67.1 Å². The molecular weight excluding hydrogens is 500 g/mol. The maximum absolute atomic E-state index is 13.8. The van der Waals surface area contributed by atoms with Crippen LogP contribution in [0.3, 0.4) is 0 Å². The van der Waals surface area contributed by atoms with Gasteiger partial charge in [0.2, 0.25) is 11.8 Å². The highest BCUT2D eigenvalue weighted by molar-refractivity contribution is 9.10. The zero-order valence-corrected chi connectivity index (χ0v) is 22.6. The predicted octanol–water partition coefficient (Wildman–Crippen LogP) is 6.16. The molecule has 0 aliphatic rings. The topological polar surface area (TPSA) is 49.4 Å². The van der Waals surface area contributed by atoms with E-state index in [9.17, 15) is 9.59 Å². The average molecular weight is 536 g/mol. The molecule has 0 saturated heterocycles. The lowest BCUT2D eigenvalue weighted by Gasteiger charge is -2.32. The van der Waals surface area contributed by atoms with Crippen molar-refractivity contribution in [2.24, 2.45) is 0 Å². The number of benzene rings is 3. The van der Waals surface area contributed by atoms with E-state index < -0.39 is 6.04 Å². The predicted molar refractivity (Wildman–Crippen MR) is 146 cm³/mol. The Morgan fingerprint density at radius 1 is 0.886 bits per heavy atom. The van der Waals surface area contributed by atoms with Crippen LogP contribution in [0.15, 0.2) is 77.3 Å². The third-order valence-corrected chi connectivity index (χ3v) is 6.93. The minimum absolute atomic E-state index is 0.0309. The molecule has 0 unspecified atom stereocenters. The Morgan fingerprint density at radius 2 is 1.60 bits per heavy atom. The van der Waals surface area contributed by atoms with Crippen LogP contribution in [0.2, 0.25) is 0 Å². The quantitative estimate of drug-likeness (QED) is 0.338. The molecule has 0 saturated carbocycles.